The number of aromatic nitrogens is 2. The molecule has 1 aromatic heterocycles. The Morgan fingerprint density at radius 1 is 1.03 bits per heavy atom. The van der Waals surface area contributed by atoms with Crippen molar-refractivity contribution in [1.82, 2.24) is 20.2 Å². The molecular formula is C23H30N6O2. The van der Waals surface area contributed by atoms with E-state index >= 15 is 0 Å². The van der Waals surface area contributed by atoms with Crippen molar-refractivity contribution in [1.29, 1.82) is 0 Å². The molecule has 0 bridgehead atoms. The number of carbonyl (C=O) groups is 1. The Balaban J connectivity index is 1.25. The molecule has 5 rings (SSSR count). The highest BCUT2D eigenvalue weighted by atomic mass is 16.5. The van der Waals surface area contributed by atoms with Gasteiger partial charge in [0.1, 0.15) is 5.82 Å². The Morgan fingerprint density at radius 2 is 1.87 bits per heavy atom. The number of piperazine rings is 1. The van der Waals surface area contributed by atoms with Gasteiger partial charge in [-0.05, 0) is 37.1 Å². The van der Waals surface area contributed by atoms with Gasteiger partial charge in [0.05, 0.1) is 19.8 Å². The number of carbonyl (C=O) groups excluding carboxylic acids is 1. The highest BCUT2D eigenvalue weighted by Crippen LogP contribution is 2.29. The molecule has 31 heavy (non-hydrogen) atoms. The first-order chi connectivity index (χ1) is 15.3. The Labute approximate surface area is 183 Å². The highest BCUT2D eigenvalue weighted by Gasteiger charge is 2.23. The Hall–Kier alpha value is -2.55. The van der Waals surface area contributed by atoms with E-state index in [1.807, 2.05) is 35.4 Å². The van der Waals surface area contributed by atoms with Gasteiger partial charge in [0, 0.05) is 68.8 Å². The van der Waals surface area contributed by atoms with Crippen molar-refractivity contribution in [2.45, 2.75) is 12.8 Å². The van der Waals surface area contributed by atoms with Crippen molar-refractivity contribution >= 4 is 17.4 Å². The molecule has 3 aliphatic rings. The van der Waals surface area contributed by atoms with Crippen LogP contribution in [0.3, 0.4) is 0 Å². The standard InChI is InChI=1S/C23H30N6O2/c30-21-17-24-7-11-29(21)20-4-2-18(3-5-20)22-25-16-19-6-10-28(23(19)26-22)9-1-8-27-12-14-31-15-13-27/h2-5,16,24H,1,6-15,17H2. The summed E-state index contributed by atoms with van der Waals surface area (Å²) in [5, 5.41) is 3.11. The van der Waals surface area contributed by atoms with E-state index in [0.717, 1.165) is 88.2 Å². The molecule has 1 aromatic carbocycles. The summed E-state index contributed by atoms with van der Waals surface area (Å²) in [5.74, 6) is 1.94. The number of amides is 1. The summed E-state index contributed by atoms with van der Waals surface area (Å²) >= 11 is 0. The summed E-state index contributed by atoms with van der Waals surface area (Å²) in [6.07, 6.45) is 4.12. The first-order valence-electron chi connectivity index (χ1n) is 11.3. The normalized spacial score (nSPS) is 19.7. The summed E-state index contributed by atoms with van der Waals surface area (Å²) in [5.41, 5.74) is 3.15. The quantitative estimate of drug-likeness (QED) is 0.749. The van der Waals surface area contributed by atoms with E-state index < -0.39 is 0 Å². The maximum absolute atomic E-state index is 12.1. The van der Waals surface area contributed by atoms with Crippen LogP contribution in [0.25, 0.3) is 11.4 Å². The van der Waals surface area contributed by atoms with Crippen LogP contribution in [-0.2, 0) is 16.0 Å². The maximum atomic E-state index is 12.1. The number of rotatable bonds is 6. The second-order valence-corrected chi connectivity index (χ2v) is 8.36. The van der Waals surface area contributed by atoms with Crippen molar-refractivity contribution in [3.8, 4) is 11.4 Å². The Kier molecular flexibility index (Phi) is 6.11. The molecule has 1 amide bonds. The first kappa shape index (κ1) is 20.4. The van der Waals surface area contributed by atoms with Crippen molar-refractivity contribution in [2.75, 3.05) is 75.4 Å². The lowest BCUT2D eigenvalue weighted by Crippen LogP contribution is -2.48. The van der Waals surface area contributed by atoms with Gasteiger partial charge in [-0.15, -0.1) is 0 Å². The van der Waals surface area contributed by atoms with Gasteiger partial charge in [0.2, 0.25) is 5.91 Å². The minimum Gasteiger partial charge on any atom is -0.379 e. The lowest BCUT2D eigenvalue weighted by atomic mass is 10.1. The van der Waals surface area contributed by atoms with Gasteiger partial charge in [-0.2, -0.15) is 0 Å². The van der Waals surface area contributed by atoms with Crippen LogP contribution in [0.15, 0.2) is 30.5 Å². The molecule has 0 atom stereocenters. The third kappa shape index (κ3) is 4.56. The average Bonchev–Trinajstić information content (AvgIpc) is 3.22. The van der Waals surface area contributed by atoms with Crippen LogP contribution < -0.4 is 15.1 Å². The van der Waals surface area contributed by atoms with Crippen LogP contribution in [0.5, 0.6) is 0 Å². The molecule has 2 saturated heterocycles. The third-order valence-corrected chi connectivity index (χ3v) is 6.33. The number of morpholine rings is 1. The van der Waals surface area contributed by atoms with E-state index in [2.05, 4.69) is 20.1 Å². The van der Waals surface area contributed by atoms with E-state index in [1.54, 1.807) is 0 Å². The summed E-state index contributed by atoms with van der Waals surface area (Å²) in [7, 11) is 0. The summed E-state index contributed by atoms with van der Waals surface area (Å²) < 4.78 is 5.44. The number of hydrogen-bond donors (Lipinski definition) is 1. The van der Waals surface area contributed by atoms with Crippen LogP contribution in [-0.4, -0.2) is 86.3 Å². The number of anilines is 2. The molecule has 1 N–H and O–H groups in total. The monoisotopic (exact) mass is 422 g/mol. The minimum absolute atomic E-state index is 0.112. The second-order valence-electron chi connectivity index (χ2n) is 8.36. The van der Waals surface area contributed by atoms with E-state index in [9.17, 15) is 4.79 Å². The maximum Gasteiger partial charge on any atom is 0.240 e. The zero-order valence-electron chi connectivity index (χ0n) is 17.9. The SMILES string of the molecule is O=C1CNCCN1c1ccc(-c2ncc3c(n2)N(CCCN2CCOCC2)CC3)cc1. The lowest BCUT2D eigenvalue weighted by Gasteiger charge is -2.27. The highest BCUT2D eigenvalue weighted by molar-refractivity contribution is 5.95. The fraction of sp³-hybridized carbons (Fsp3) is 0.522. The molecule has 0 radical (unpaired) electrons. The van der Waals surface area contributed by atoms with Crippen molar-refractivity contribution in [3.05, 3.63) is 36.0 Å². The molecular weight excluding hydrogens is 392 g/mol. The zero-order valence-corrected chi connectivity index (χ0v) is 17.9. The first-order valence-corrected chi connectivity index (χ1v) is 11.3. The van der Waals surface area contributed by atoms with Gasteiger partial charge in [0.15, 0.2) is 5.82 Å². The predicted molar refractivity (Wildman–Crippen MR) is 120 cm³/mol. The topological polar surface area (TPSA) is 73.8 Å². The number of nitrogens with one attached hydrogen (secondary N) is 1. The summed E-state index contributed by atoms with van der Waals surface area (Å²) in [6.45, 7) is 8.85. The number of fused-ring (bicyclic) bond motifs is 1. The molecule has 8 nitrogen and oxygen atoms in total. The molecule has 8 heteroatoms. The smallest absolute Gasteiger partial charge is 0.240 e. The molecule has 4 heterocycles. The number of nitrogens with zero attached hydrogens (tertiary/aromatic N) is 5. The predicted octanol–water partition coefficient (Wildman–Crippen LogP) is 1.16. The molecule has 3 aliphatic heterocycles. The molecule has 2 fully saturated rings. The van der Waals surface area contributed by atoms with E-state index in [4.69, 9.17) is 9.72 Å². The molecule has 0 spiro atoms. The van der Waals surface area contributed by atoms with Crippen LogP contribution in [0, 0.1) is 0 Å². The molecule has 0 saturated carbocycles. The van der Waals surface area contributed by atoms with Gasteiger partial charge in [-0.25, -0.2) is 9.97 Å². The van der Waals surface area contributed by atoms with Crippen molar-refractivity contribution < 1.29 is 9.53 Å². The fourth-order valence-corrected chi connectivity index (χ4v) is 4.55. The van der Waals surface area contributed by atoms with Crippen LogP contribution in [0.1, 0.15) is 12.0 Å². The number of hydrogen-bond acceptors (Lipinski definition) is 7. The van der Waals surface area contributed by atoms with Crippen molar-refractivity contribution in [3.63, 3.8) is 0 Å². The molecule has 2 aromatic rings. The number of benzene rings is 1. The molecule has 164 valence electrons. The van der Waals surface area contributed by atoms with Crippen LogP contribution in [0.4, 0.5) is 11.5 Å². The van der Waals surface area contributed by atoms with Crippen LogP contribution >= 0.6 is 0 Å². The lowest BCUT2D eigenvalue weighted by molar-refractivity contribution is -0.118. The van der Waals surface area contributed by atoms with Gasteiger partial charge >= 0.3 is 0 Å². The fourth-order valence-electron chi connectivity index (χ4n) is 4.55. The van der Waals surface area contributed by atoms with Crippen molar-refractivity contribution in [2.24, 2.45) is 0 Å². The molecule has 0 unspecified atom stereocenters. The van der Waals surface area contributed by atoms with Gasteiger partial charge < -0.3 is 19.9 Å². The van der Waals surface area contributed by atoms with E-state index in [1.165, 1.54) is 5.56 Å². The third-order valence-electron chi connectivity index (χ3n) is 6.33. The van der Waals surface area contributed by atoms with E-state index in [0.29, 0.717) is 13.1 Å². The minimum atomic E-state index is 0.112. The zero-order chi connectivity index (χ0) is 21.0. The average molecular weight is 423 g/mol. The van der Waals surface area contributed by atoms with E-state index in [-0.39, 0.29) is 5.91 Å². The van der Waals surface area contributed by atoms with Gasteiger partial charge in [-0.1, -0.05) is 0 Å². The Bertz CT molecular complexity index is 913. The van der Waals surface area contributed by atoms with Crippen LogP contribution in [0.2, 0.25) is 0 Å². The van der Waals surface area contributed by atoms with Gasteiger partial charge in [-0.3, -0.25) is 9.69 Å². The molecule has 0 aliphatic carbocycles. The second kappa shape index (κ2) is 9.30. The van der Waals surface area contributed by atoms with Gasteiger partial charge in [0.25, 0.3) is 0 Å². The largest absolute Gasteiger partial charge is 0.379 e. The summed E-state index contributed by atoms with van der Waals surface area (Å²) in [6, 6.07) is 8.03. The number of ether oxygens (including phenoxy) is 1. The summed E-state index contributed by atoms with van der Waals surface area (Å²) in [4.78, 5) is 28.4. The Morgan fingerprint density at radius 3 is 2.68 bits per heavy atom.